The van der Waals surface area contributed by atoms with Gasteiger partial charge >= 0.3 is 0 Å². The molecule has 4 heteroatoms. The highest BCUT2D eigenvalue weighted by Crippen LogP contribution is 2.29. The van der Waals surface area contributed by atoms with Gasteiger partial charge in [-0.15, -0.1) is 11.3 Å². The number of halogens is 2. The second-order valence-electron chi connectivity index (χ2n) is 3.89. The van der Waals surface area contributed by atoms with E-state index in [-0.39, 0.29) is 0 Å². The Morgan fingerprint density at radius 1 is 1.29 bits per heavy atom. The van der Waals surface area contributed by atoms with Crippen LogP contribution < -0.4 is 0 Å². The number of rotatable bonds is 3. The molecule has 0 amide bonds. The van der Waals surface area contributed by atoms with Crippen LogP contribution in [0.15, 0.2) is 29.6 Å². The summed E-state index contributed by atoms with van der Waals surface area (Å²) in [6.07, 6.45) is -0.00644. The van der Waals surface area contributed by atoms with Crippen LogP contribution in [0.25, 0.3) is 0 Å². The van der Waals surface area contributed by atoms with Gasteiger partial charge in [-0.05, 0) is 41.6 Å². The quantitative estimate of drug-likeness (QED) is 0.872. The van der Waals surface area contributed by atoms with Gasteiger partial charge in [0.05, 0.1) is 6.10 Å². The van der Waals surface area contributed by atoms with Crippen molar-refractivity contribution in [1.82, 2.24) is 0 Å². The van der Waals surface area contributed by atoms with E-state index in [9.17, 15) is 5.11 Å². The summed E-state index contributed by atoms with van der Waals surface area (Å²) in [5.41, 5.74) is 1.88. The first-order chi connectivity index (χ1) is 8.08. The van der Waals surface area contributed by atoms with E-state index in [1.165, 1.54) is 0 Å². The lowest BCUT2D eigenvalue weighted by atomic mass is 10.0. The Balaban J connectivity index is 2.19. The van der Waals surface area contributed by atoms with Crippen LogP contribution in [0.4, 0.5) is 0 Å². The Bertz CT molecular complexity index is 522. The number of hydrogen-bond acceptors (Lipinski definition) is 2. The molecule has 0 radical (unpaired) electrons. The first-order valence-electron chi connectivity index (χ1n) is 5.24. The maximum absolute atomic E-state index is 10.2. The van der Waals surface area contributed by atoms with Crippen molar-refractivity contribution in [2.24, 2.45) is 0 Å². The van der Waals surface area contributed by atoms with Gasteiger partial charge in [0.1, 0.15) is 0 Å². The summed E-state index contributed by atoms with van der Waals surface area (Å²) in [5, 5.41) is 13.3. The van der Waals surface area contributed by atoms with Crippen molar-refractivity contribution in [3.63, 3.8) is 0 Å². The third kappa shape index (κ3) is 3.02. The first-order valence-corrected chi connectivity index (χ1v) is 6.87. The van der Waals surface area contributed by atoms with Crippen LogP contribution in [0.1, 0.15) is 22.1 Å². The largest absolute Gasteiger partial charge is 0.388 e. The highest BCUT2D eigenvalue weighted by atomic mass is 35.5. The van der Waals surface area contributed by atoms with Gasteiger partial charge in [0.2, 0.25) is 0 Å². The van der Waals surface area contributed by atoms with Gasteiger partial charge in [-0.3, -0.25) is 0 Å². The summed E-state index contributed by atoms with van der Waals surface area (Å²) in [4.78, 5) is 1.14. The molecule has 1 N–H and O–H groups in total. The van der Waals surface area contributed by atoms with Crippen LogP contribution in [0.5, 0.6) is 0 Å². The van der Waals surface area contributed by atoms with Gasteiger partial charge in [-0.2, -0.15) is 0 Å². The minimum atomic E-state index is -0.514. The molecule has 0 spiro atoms. The number of thiophene rings is 1. The molecule has 17 heavy (non-hydrogen) atoms. The molecule has 1 heterocycles. The second kappa shape index (κ2) is 5.40. The van der Waals surface area contributed by atoms with Crippen molar-refractivity contribution in [2.75, 3.05) is 0 Å². The topological polar surface area (TPSA) is 20.2 Å². The Labute approximate surface area is 115 Å². The summed E-state index contributed by atoms with van der Waals surface area (Å²) >= 11 is 13.6. The smallest absolute Gasteiger partial charge is 0.0841 e. The van der Waals surface area contributed by atoms with E-state index in [0.717, 1.165) is 16.0 Å². The van der Waals surface area contributed by atoms with E-state index in [4.69, 9.17) is 23.2 Å². The summed E-state index contributed by atoms with van der Waals surface area (Å²) < 4.78 is 0. The summed E-state index contributed by atoms with van der Waals surface area (Å²) in [7, 11) is 0. The van der Waals surface area contributed by atoms with Gasteiger partial charge in [-0.1, -0.05) is 29.3 Å². The van der Waals surface area contributed by atoms with Crippen LogP contribution in [0, 0.1) is 6.92 Å². The van der Waals surface area contributed by atoms with Crippen LogP contribution in [-0.2, 0) is 6.42 Å². The van der Waals surface area contributed by atoms with Gasteiger partial charge < -0.3 is 5.11 Å². The first kappa shape index (κ1) is 12.9. The third-order valence-electron chi connectivity index (χ3n) is 2.69. The molecular formula is C13H12Cl2OS. The maximum atomic E-state index is 10.2. The van der Waals surface area contributed by atoms with Crippen LogP contribution >= 0.6 is 34.5 Å². The molecule has 0 saturated carbocycles. The predicted octanol–water partition coefficient (Wildman–Crippen LogP) is 4.64. The van der Waals surface area contributed by atoms with Crippen LogP contribution in [0.2, 0.25) is 10.0 Å². The minimum Gasteiger partial charge on any atom is -0.388 e. The van der Waals surface area contributed by atoms with Crippen LogP contribution in [-0.4, -0.2) is 5.11 Å². The lowest BCUT2D eigenvalue weighted by molar-refractivity contribution is 0.178. The number of aliphatic hydroxyl groups is 1. The Hall–Kier alpha value is -0.540. The van der Waals surface area contributed by atoms with Gasteiger partial charge in [-0.25, -0.2) is 0 Å². The highest BCUT2D eigenvalue weighted by molar-refractivity contribution is 7.10. The number of hydrogen-bond donors (Lipinski definition) is 1. The molecule has 0 saturated heterocycles. The second-order valence-corrected chi connectivity index (χ2v) is 5.85. The van der Waals surface area contributed by atoms with E-state index in [1.54, 1.807) is 23.5 Å². The zero-order chi connectivity index (χ0) is 12.4. The van der Waals surface area contributed by atoms with Gasteiger partial charge in [0.15, 0.2) is 0 Å². The standard InChI is InChI=1S/C13H12Cl2OS/c1-8-11(4-5-17-8)13(16)6-9-2-3-10(14)7-12(9)15/h2-5,7,13,16H,6H2,1H3. The molecular weight excluding hydrogens is 275 g/mol. The normalized spacial score (nSPS) is 12.7. The van der Waals surface area contributed by atoms with E-state index in [1.807, 2.05) is 24.4 Å². The van der Waals surface area contributed by atoms with Gasteiger partial charge in [0, 0.05) is 21.3 Å². The van der Waals surface area contributed by atoms with Crippen molar-refractivity contribution in [3.05, 3.63) is 55.7 Å². The Morgan fingerprint density at radius 3 is 2.65 bits per heavy atom. The summed E-state index contributed by atoms with van der Waals surface area (Å²) in [6, 6.07) is 7.30. The van der Waals surface area contributed by atoms with Crippen molar-refractivity contribution in [1.29, 1.82) is 0 Å². The van der Waals surface area contributed by atoms with Crippen molar-refractivity contribution in [2.45, 2.75) is 19.4 Å². The molecule has 0 aliphatic carbocycles. The molecule has 1 unspecified atom stereocenters. The molecule has 2 aromatic rings. The molecule has 0 fully saturated rings. The average molecular weight is 287 g/mol. The van der Waals surface area contributed by atoms with E-state index >= 15 is 0 Å². The number of aryl methyl sites for hydroxylation is 1. The number of benzene rings is 1. The Kier molecular flexibility index (Phi) is 4.10. The molecule has 2 rings (SSSR count). The fourth-order valence-electron chi connectivity index (χ4n) is 1.75. The molecule has 1 nitrogen and oxygen atoms in total. The predicted molar refractivity (Wildman–Crippen MR) is 74.2 cm³/mol. The van der Waals surface area contributed by atoms with Gasteiger partial charge in [0.25, 0.3) is 0 Å². The summed E-state index contributed by atoms with van der Waals surface area (Å²) in [5.74, 6) is 0. The third-order valence-corrected chi connectivity index (χ3v) is 4.13. The number of aliphatic hydroxyl groups excluding tert-OH is 1. The van der Waals surface area contributed by atoms with E-state index in [0.29, 0.717) is 16.5 Å². The fourth-order valence-corrected chi connectivity index (χ4v) is 2.99. The van der Waals surface area contributed by atoms with Crippen molar-refractivity contribution in [3.8, 4) is 0 Å². The molecule has 1 aromatic carbocycles. The van der Waals surface area contributed by atoms with E-state index < -0.39 is 6.10 Å². The lowest BCUT2D eigenvalue weighted by Gasteiger charge is -2.12. The zero-order valence-electron chi connectivity index (χ0n) is 9.28. The van der Waals surface area contributed by atoms with Crippen molar-refractivity contribution < 1.29 is 5.11 Å². The zero-order valence-corrected chi connectivity index (χ0v) is 11.6. The molecule has 1 atom stereocenters. The monoisotopic (exact) mass is 286 g/mol. The minimum absolute atomic E-state index is 0.508. The average Bonchev–Trinajstić information content (AvgIpc) is 2.68. The lowest BCUT2D eigenvalue weighted by Crippen LogP contribution is -2.02. The van der Waals surface area contributed by atoms with Crippen molar-refractivity contribution >= 4 is 34.5 Å². The fraction of sp³-hybridized carbons (Fsp3) is 0.231. The Morgan fingerprint density at radius 2 is 2.06 bits per heavy atom. The molecule has 0 aliphatic heterocycles. The summed E-state index contributed by atoms with van der Waals surface area (Å²) in [6.45, 7) is 2.01. The molecule has 90 valence electrons. The molecule has 1 aromatic heterocycles. The highest BCUT2D eigenvalue weighted by Gasteiger charge is 2.13. The SMILES string of the molecule is Cc1sccc1C(O)Cc1ccc(Cl)cc1Cl. The maximum Gasteiger partial charge on any atom is 0.0841 e. The molecule has 0 aliphatic rings. The van der Waals surface area contributed by atoms with Crippen LogP contribution in [0.3, 0.4) is 0 Å². The van der Waals surface area contributed by atoms with E-state index in [2.05, 4.69) is 0 Å². The molecule has 0 bridgehead atoms.